The number of ether oxygens (including phenoxy) is 5. The van der Waals surface area contributed by atoms with E-state index in [1.807, 2.05) is 0 Å². The lowest BCUT2D eigenvalue weighted by Crippen LogP contribution is -2.38. The van der Waals surface area contributed by atoms with Crippen LogP contribution in [0, 0.1) is 0 Å². The first-order valence-electron chi connectivity index (χ1n) is 9.01. The summed E-state index contributed by atoms with van der Waals surface area (Å²) in [6, 6.07) is 3.35. The minimum Gasteiger partial charge on any atom is -0.493 e. The lowest BCUT2D eigenvalue weighted by Gasteiger charge is -2.26. The Hall–Kier alpha value is -2.19. The zero-order valence-electron chi connectivity index (χ0n) is 16.8. The van der Waals surface area contributed by atoms with Crippen molar-refractivity contribution >= 4 is 11.8 Å². The second-order valence-corrected chi connectivity index (χ2v) is 7.14. The minimum atomic E-state index is -0.583. The molecule has 1 N–H and O–H groups in total. The fourth-order valence-electron chi connectivity index (χ4n) is 2.62. The van der Waals surface area contributed by atoms with Crippen LogP contribution in [0.25, 0.3) is 0 Å². The quantitative estimate of drug-likeness (QED) is 0.777. The zero-order valence-corrected chi connectivity index (χ0v) is 16.8. The highest BCUT2D eigenvalue weighted by Crippen LogP contribution is 2.40. The number of morpholine rings is 1. The van der Waals surface area contributed by atoms with Crippen molar-refractivity contribution in [1.82, 2.24) is 4.90 Å². The highest BCUT2D eigenvalue weighted by Gasteiger charge is 2.19. The van der Waals surface area contributed by atoms with E-state index in [9.17, 15) is 4.79 Å². The summed E-state index contributed by atoms with van der Waals surface area (Å²) in [6.45, 7) is 9.98. The van der Waals surface area contributed by atoms with Gasteiger partial charge in [0, 0.05) is 31.8 Å². The van der Waals surface area contributed by atoms with Crippen molar-refractivity contribution in [2.45, 2.75) is 26.4 Å². The van der Waals surface area contributed by atoms with Gasteiger partial charge in [0.25, 0.3) is 0 Å². The van der Waals surface area contributed by atoms with Gasteiger partial charge in [0.1, 0.15) is 12.2 Å². The molecule has 0 aliphatic carbocycles. The summed E-state index contributed by atoms with van der Waals surface area (Å²) in [4.78, 5) is 14.3. The highest BCUT2D eigenvalue weighted by atomic mass is 16.6. The topological polar surface area (TPSA) is 78.5 Å². The number of rotatable bonds is 7. The number of hydrogen-bond donors (Lipinski definition) is 1. The number of hydrogen-bond acceptors (Lipinski definition) is 7. The third kappa shape index (κ3) is 6.80. The lowest BCUT2D eigenvalue weighted by molar-refractivity contribution is 0.0319. The molecule has 0 unspecified atom stereocenters. The monoisotopic (exact) mass is 382 g/mol. The first-order valence-corrected chi connectivity index (χ1v) is 9.01. The molecular formula is C19H30N2O6. The fraction of sp³-hybridized carbons (Fsp3) is 0.632. The summed E-state index contributed by atoms with van der Waals surface area (Å²) < 4.78 is 27.4. The van der Waals surface area contributed by atoms with Crippen LogP contribution >= 0.6 is 0 Å². The van der Waals surface area contributed by atoms with Crippen LogP contribution in [0.1, 0.15) is 20.8 Å². The van der Waals surface area contributed by atoms with Crippen molar-refractivity contribution in [1.29, 1.82) is 0 Å². The molecule has 8 nitrogen and oxygen atoms in total. The molecule has 8 heteroatoms. The lowest BCUT2D eigenvalue weighted by atomic mass is 10.2. The summed E-state index contributed by atoms with van der Waals surface area (Å²) in [5.41, 5.74) is -0.0839. The maximum Gasteiger partial charge on any atom is 0.412 e. The average Bonchev–Trinajstić information content (AvgIpc) is 2.61. The van der Waals surface area contributed by atoms with Crippen LogP contribution in [0.2, 0.25) is 0 Å². The number of anilines is 1. The van der Waals surface area contributed by atoms with Crippen LogP contribution in [0.5, 0.6) is 17.2 Å². The predicted molar refractivity (Wildman–Crippen MR) is 102 cm³/mol. The molecule has 1 saturated heterocycles. The molecule has 0 radical (unpaired) electrons. The molecule has 0 spiro atoms. The van der Waals surface area contributed by atoms with Crippen molar-refractivity contribution in [3.63, 3.8) is 0 Å². The van der Waals surface area contributed by atoms with E-state index in [0.29, 0.717) is 29.5 Å². The zero-order chi connectivity index (χ0) is 19.9. The molecule has 1 aliphatic heterocycles. The van der Waals surface area contributed by atoms with Crippen molar-refractivity contribution in [2.24, 2.45) is 0 Å². The van der Waals surface area contributed by atoms with Gasteiger partial charge >= 0.3 is 6.09 Å². The van der Waals surface area contributed by atoms with Crippen molar-refractivity contribution in [2.75, 3.05) is 59.0 Å². The maximum atomic E-state index is 12.0. The molecule has 0 atom stereocenters. The third-order valence-corrected chi connectivity index (χ3v) is 3.86. The Morgan fingerprint density at radius 3 is 2.26 bits per heavy atom. The number of carbonyl (C=O) groups is 1. The fourth-order valence-corrected chi connectivity index (χ4v) is 2.62. The van der Waals surface area contributed by atoms with Crippen LogP contribution in [0.15, 0.2) is 12.1 Å². The summed E-state index contributed by atoms with van der Waals surface area (Å²) in [6.07, 6.45) is -0.549. The van der Waals surface area contributed by atoms with E-state index in [0.717, 1.165) is 32.8 Å². The largest absolute Gasteiger partial charge is 0.493 e. The Morgan fingerprint density at radius 1 is 1.15 bits per heavy atom. The number of benzene rings is 1. The van der Waals surface area contributed by atoms with Crippen LogP contribution in [-0.4, -0.2) is 70.3 Å². The van der Waals surface area contributed by atoms with Crippen molar-refractivity contribution < 1.29 is 28.5 Å². The Labute approximate surface area is 160 Å². The predicted octanol–water partition coefficient (Wildman–Crippen LogP) is 2.76. The normalized spacial score (nSPS) is 15.1. The van der Waals surface area contributed by atoms with Gasteiger partial charge in [-0.25, -0.2) is 4.79 Å². The van der Waals surface area contributed by atoms with E-state index in [2.05, 4.69) is 10.2 Å². The molecule has 27 heavy (non-hydrogen) atoms. The van der Waals surface area contributed by atoms with Gasteiger partial charge in [-0.05, 0) is 20.8 Å². The van der Waals surface area contributed by atoms with Crippen LogP contribution < -0.4 is 19.5 Å². The molecule has 1 heterocycles. The number of amides is 1. The molecule has 1 aliphatic rings. The maximum absolute atomic E-state index is 12.0. The van der Waals surface area contributed by atoms with E-state index in [1.54, 1.807) is 47.1 Å². The first kappa shape index (κ1) is 21.1. The number of methoxy groups -OCH3 is 2. The van der Waals surface area contributed by atoms with Gasteiger partial charge < -0.3 is 23.7 Å². The van der Waals surface area contributed by atoms with Gasteiger partial charge in [-0.3, -0.25) is 10.2 Å². The molecule has 2 rings (SSSR count). The Morgan fingerprint density at radius 2 is 1.74 bits per heavy atom. The van der Waals surface area contributed by atoms with Crippen LogP contribution in [-0.2, 0) is 9.47 Å². The van der Waals surface area contributed by atoms with Crippen LogP contribution in [0.4, 0.5) is 10.5 Å². The summed E-state index contributed by atoms with van der Waals surface area (Å²) >= 11 is 0. The van der Waals surface area contributed by atoms with E-state index >= 15 is 0 Å². The Balaban J connectivity index is 2.04. The molecular weight excluding hydrogens is 352 g/mol. The Kier molecular flexibility index (Phi) is 7.55. The Bertz CT molecular complexity index is 598. The van der Waals surface area contributed by atoms with E-state index in [1.165, 1.54) is 0 Å². The molecule has 1 amide bonds. The molecule has 0 saturated carbocycles. The molecule has 152 valence electrons. The van der Waals surface area contributed by atoms with E-state index < -0.39 is 11.7 Å². The van der Waals surface area contributed by atoms with E-state index in [-0.39, 0.29) is 0 Å². The average molecular weight is 382 g/mol. The summed E-state index contributed by atoms with van der Waals surface area (Å²) in [7, 11) is 3.09. The highest BCUT2D eigenvalue weighted by molar-refractivity contribution is 5.86. The second-order valence-electron chi connectivity index (χ2n) is 7.14. The van der Waals surface area contributed by atoms with E-state index in [4.69, 9.17) is 23.7 Å². The van der Waals surface area contributed by atoms with Gasteiger partial charge in [-0.1, -0.05) is 0 Å². The number of carbonyl (C=O) groups excluding carboxylic acids is 1. The molecule has 1 aromatic carbocycles. The van der Waals surface area contributed by atoms with Gasteiger partial charge in [0.15, 0.2) is 11.5 Å². The summed E-state index contributed by atoms with van der Waals surface area (Å²) in [5.74, 6) is 1.45. The first-order chi connectivity index (χ1) is 12.8. The molecule has 1 aromatic rings. The second kappa shape index (κ2) is 9.66. The number of nitrogens with one attached hydrogen (secondary N) is 1. The van der Waals surface area contributed by atoms with Crippen molar-refractivity contribution in [3.8, 4) is 17.2 Å². The van der Waals surface area contributed by atoms with Crippen LogP contribution in [0.3, 0.4) is 0 Å². The van der Waals surface area contributed by atoms with Gasteiger partial charge in [0.05, 0.1) is 33.1 Å². The van der Waals surface area contributed by atoms with Gasteiger partial charge in [-0.15, -0.1) is 0 Å². The van der Waals surface area contributed by atoms with Gasteiger partial charge in [-0.2, -0.15) is 0 Å². The van der Waals surface area contributed by atoms with Gasteiger partial charge in [0.2, 0.25) is 5.75 Å². The molecule has 0 bridgehead atoms. The minimum absolute atomic E-state index is 0.474. The summed E-state index contributed by atoms with van der Waals surface area (Å²) in [5, 5.41) is 2.68. The SMILES string of the molecule is COc1cc(NC(=O)OC(C)(C)C)cc(OC)c1OCCN1CCOCC1. The standard InChI is InChI=1S/C19H30N2O6/c1-19(2,3)27-18(22)20-14-12-15(23-4)17(16(13-14)24-5)26-11-8-21-6-9-25-10-7-21/h12-13H,6-11H2,1-5H3,(H,20,22). The smallest absolute Gasteiger partial charge is 0.412 e. The third-order valence-electron chi connectivity index (χ3n) is 3.86. The van der Waals surface area contributed by atoms with Crippen molar-refractivity contribution in [3.05, 3.63) is 12.1 Å². The molecule has 1 fully saturated rings. The number of nitrogens with zero attached hydrogens (tertiary/aromatic N) is 1. The molecule has 0 aromatic heterocycles.